The van der Waals surface area contributed by atoms with Gasteiger partial charge in [0.25, 0.3) is 0 Å². The van der Waals surface area contributed by atoms with E-state index in [1.54, 1.807) is 26.0 Å². The van der Waals surface area contributed by atoms with Gasteiger partial charge in [0.2, 0.25) is 0 Å². The van der Waals surface area contributed by atoms with E-state index in [2.05, 4.69) is 0 Å². The van der Waals surface area contributed by atoms with Crippen LogP contribution in [0.4, 0.5) is 0 Å². The van der Waals surface area contributed by atoms with Crippen LogP contribution in [0, 0.1) is 0 Å². The average Bonchev–Trinajstić information content (AvgIpc) is 2.38. The van der Waals surface area contributed by atoms with Crippen LogP contribution in [0.2, 0.25) is 0 Å². The first-order valence-electron chi connectivity index (χ1n) is 5.45. The van der Waals surface area contributed by atoms with Crippen molar-refractivity contribution in [3.05, 3.63) is 29.8 Å². The van der Waals surface area contributed by atoms with Crippen LogP contribution in [0.5, 0.6) is 5.75 Å². The number of rotatable bonds is 6. The largest absolute Gasteiger partial charge is 0.459 e. The van der Waals surface area contributed by atoms with E-state index < -0.39 is 12.8 Å². The van der Waals surface area contributed by atoms with Gasteiger partial charge in [-0.3, -0.25) is 9.66 Å². The van der Waals surface area contributed by atoms with Gasteiger partial charge in [-0.25, -0.2) is 9.36 Å². The Balaban J connectivity index is 3.02. The standard InChI is InChI=1S/C11H16NO5PS/c1-8(2)16-11(13)9-6-4-5-7-10(9)17-18(14,15-3)19-12/h4-8H,12H2,1-3H3. The van der Waals surface area contributed by atoms with Crippen LogP contribution in [0.3, 0.4) is 0 Å². The monoisotopic (exact) mass is 305 g/mol. The second kappa shape index (κ2) is 6.96. The molecule has 0 heterocycles. The molecule has 0 aromatic heterocycles. The van der Waals surface area contributed by atoms with Crippen molar-refractivity contribution in [2.24, 2.45) is 5.14 Å². The van der Waals surface area contributed by atoms with E-state index in [0.717, 1.165) is 0 Å². The van der Waals surface area contributed by atoms with Gasteiger partial charge in [-0.05, 0) is 26.0 Å². The molecule has 0 radical (unpaired) electrons. The molecule has 6 nitrogen and oxygen atoms in total. The molecule has 106 valence electrons. The predicted octanol–water partition coefficient (Wildman–Crippen LogP) is 2.99. The van der Waals surface area contributed by atoms with Crippen LogP contribution in [-0.2, 0) is 13.8 Å². The van der Waals surface area contributed by atoms with Gasteiger partial charge in [-0.2, -0.15) is 0 Å². The lowest BCUT2D eigenvalue weighted by molar-refractivity contribution is 0.0376. The number of carbonyl (C=O) groups excluding carboxylic acids is 1. The van der Waals surface area contributed by atoms with E-state index in [-0.39, 0.29) is 17.4 Å². The molecule has 1 rings (SSSR count). The Labute approximate surface area is 116 Å². The SMILES string of the molecule is COP(=O)(Oc1ccccc1C(=O)OC(C)C)SN. The summed E-state index contributed by atoms with van der Waals surface area (Å²) in [5.41, 5.74) is 0.169. The summed E-state index contributed by atoms with van der Waals surface area (Å²) in [4.78, 5) is 11.9. The van der Waals surface area contributed by atoms with Crippen molar-refractivity contribution >= 4 is 24.3 Å². The van der Waals surface area contributed by atoms with Crippen LogP contribution < -0.4 is 9.66 Å². The summed E-state index contributed by atoms with van der Waals surface area (Å²) in [6.45, 7) is -0.0506. The van der Waals surface area contributed by atoms with Gasteiger partial charge in [0, 0.05) is 7.11 Å². The maximum atomic E-state index is 12.0. The topological polar surface area (TPSA) is 87.8 Å². The van der Waals surface area contributed by atoms with Gasteiger partial charge in [0.15, 0.2) is 0 Å². The molecule has 0 saturated carbocycles. The quantitative estimate of drug-likeness (QED) is 0.491. The van der Waals surface area contributed by atoms with Gasteiger partial charge in [0.1, 0.15) is 11.3 Å². The molecule has 0 saturated heterocycles. The zero-order chi connectivity index (χ0) is 14.5. The fourth-order valence-electron chi connectivity index (χ4n) is 1.21. The number of benzene rings is 1. The van der Waals surface area contributed by atoms with Crippen molar-refractivity contribution in [2.75, 3.05) is 7.11 Å². The van der Waals surface area contributed by atoms with Crippen molar-refractivity contribution in [1.82, 2.24) is 0 Å². The zero-order valence-corrected chi connectivity index (χ0v) is 12.6. The minimum atomic E-state index is -3.52. The molecule has 2 N–H and O–H groups in total. The van der Waals surface area contributed by atoms with Crippen LogP contribution in [0.25, 0.3) is 0 Å². The molecular weight excluding hydrogens is 289 g/mol. The van der Waals surface area contributed by atoms with Gasteiger partial charge in [-0.15, -0.1) is 0 Å². The molecule has 0 amide bonds. The lowest BCUT2D eigenvalue weighted by atomic mass is 10.2. The van der Waals surface area contributed by atoms with E-state index >= 15 is 0 Å². The highest BCUT2D eigenvalue weighted by molar-refractivity contribution is 8.54. The summed E-state index contributed by atoms with van der Waals surface area (Å²) >= 11 is 0.460. The first-order valence-corrected chi connectivity index (χ1v) is 8.48. The lowest BCUT2D eigenvalue weighted by Gasteiger charge is -2.16. The Bertz CT molecular complexity index is 486. The predicted molar refractivity (Wildman–Crippen MR) is 74.0 cm³/mol. The average molecular weight is 305 g/mol. The number of para-hydroxylation sites is 1. The number of hydrogen-bond donors (Lipinski definition) is 1. The smallest absolute Gasteiger partial charge is 0.454 e. The number of esters is 1. The summed E-state index contributed by atoms with van der Waals surface area (Å²) in [5.74, 6) is -0.452. The molecule has 8 heteroatoms. The van der Waals surface area contributed by atoms with Crippen molar-refractivity contribution in [3.8, 4) is 5.75 Å². The Morgan fingerprint density at radius 2 is 2.00 bits per heavy atom. The first-order chi connectivity index (χ1) is 8.91. The maximum absolute atomic E-state index is 12.0. The summed E-state index contributed by atoms with van der Waals surface area (Å²) in [6, 6.07) is 6.31. The Kier molecular flexibility index (Phi) is 5.87. The fraction of sp³-hybridized carbons (Fsp3) is 0.364. The zero-order valence-electron chi connectivity index (χ0n) is 10.9. The van der Waals surface area contributed by atoms with Gasteiger partial charge >= 0.3 is 12.8 Å². The highest BCUT2D eigenvalue weighted by Gasteiger charge is 2.27. The summed E-state index contributed by atoms with van der Waals surface area (Å²) < 4.78 is 27.0. The summed E-state index contributed by atoms with van der Waals surface area (Å²) in [7, 11) is 1.22. The molecule has 0 spiro atoms. The molecular formula is C11H16NO5PS. The molecule has 1 aromatic carbocycles. The summed E-state index contributed by atoms with van der Waals surface area (Å²) in [5, 5.41) is 5.26. The second-order valence-corrected chi connectivity index (χ2v) is 7.40. The van der Waals surface area contributed by atoms with E-state index in [4.69, 9.17) is 18.9 Å². The van der Waals surface area contributed by atoms with E-state index in [9.17, 15) is 9.36 Å². The minimum Gasteiger partial charge on any atom is -0.459 e. The third-order valence-corrected chi connectivity index (χ3v) is 4.58. The Hall–Kier alpha value is -1.01. The Morgan fingerprint density at radius 1 is 1.37 bits per heavy atom. The lowest BCUT2D eigenvalue weighted by Crippen LogP contribution is -2.12. The van der Waals surface area contributed by atoms with Crippen molar-refractivity contribution in [2.45, 2.75) is 20.0 Å². The van der Waals surface area contributed by atoms with Crippen LogP contribution in [-0.4, -0.2) is 19.2 Å². The molecule has 0 fully saturated rings. The Morgan fingerprint density at radius 3 is 2.53 bits per heavy atom. The molecule has 0 bridgehead atoms. The van der Waals surface area contributed by atoms with Crippen LogP contribution >= 0.6 is 18.4 Å². The normalized spacial score (nSPS) is 13.9. The minimum absolute atomic E-state index is 0.108. The molecule has 0 aliphatic rings. The van der Waals surface area contributed by atoms with Crippen molar-refractivity contribution in [1.29, 1.82) is 0 Å². The van der Waals surface area contributed by atoms with E-state index in [1.807, 2.05) is 0 Å². The van der Waals surface area contributed by atoms with E-state index in [0.29, 0.717) is 11.6 Å². The fourth-order valence-corrected chi connectivity index (χ4v) is 2.45. The number of carbonyl (C=O) groups is 1. The van der Waals surface area contributed by atoms with Crippen LogP contribution in [0.1, 0.15) is 24.2 Å². The molecule has 19 heavy (non-hydrogen) atoms. The number of nitrogens with two attached hydrogens (primary N) is 1. The van der Waals surface area contributed by atoms with Gasteiger partial charge < -0.3 is 9.26 Å². The number of hydrogen-bond acceptors (Lipinski definition) is 7. The van der Waals surface area contributed by atoms with Gasteiger partial charge in [-0.1, -0.05) is 12.1 Å². The molecule has 1 atom stereocenters. The van der Waals surface area contributed by atoms with Crippen molar-refractivity contribution < 1.29 is 23.1 Å². The second-order valence-electron chi connectivity index (χ2n) is 3.78. The van der Waals surface area contributed by atoms with Crippen molar-refractivity contribution in [3.63, 3.8) is 0 Å². The number of ether oxygens (including phenoxy) is 1. The third kappa shape index (κ3) is 4.54. The van der Waals surface area contributed by atoms with Gasteiger partial charge in [0.05, 0.1) is 17.7 Å². The summed E-state index contributed by atoms with van der Waals surface area (Å²) in [6.07, 6.45) is -0.265. The third-order valence-electron chi connectivity index (χ3n) is 2.01. The molecule has 0 aliphatic heterocycles. The highest BCUT2D eigenvalue weighted by atomic mass is 32.7. The molecule has 0 aliphatic carbocycles. The van der Waals surface area contributed by atoms with Crippen LogP contribution in [0.15, 0.2) is 24.3 Å². The highest BCUT2D eigenvalue weighted by Crippen LogP contribution is 2.56. The maximum Gasteiger partial charge on any atom is 0.454 e. The first kappa shape index (κ1) is 16.0. The molecule has 1 unspecified atom stereocenters. The van der Waals surface area contributed by atoms with E-state index in [1.165, 1.54) is 19.2 Å². The molecule has 1 aromatic rings.